The van der Waals surface area contributed by atoms with Crippen molar-refractivity contribution in [1.82, 2.24) is 0 Å². The molecule has 0 spiro atoms. The Morgan fingerprint density at radius 1 is 0.880 bits per heavy atom. The maximum absolute atomic E-state index is 12.3. The van der Waals surface area contributed by atoms with Crippen LogP contribution in [-0.2, 0) is 23.9 Å². The van der Waals surface area contributed by atoms with E-state index in [1.54, 1.807) is 13.8 Å². The summed E-state index contributed by atoms with van der Waals surface area (Å²) in [5, 5.41) is 0. The second kappa shape index (κ2) is 13.4. The molecule has 0 aliphatic carbocycles. The highest BCUT2D eigenvalue weighted by atomic mass is 16.5. The molecule has 1 atom stereocenters. The monoisotopic (exact) mass is 352 g/mol. The summed E-state index contributed by atoms with van der Waals surface area (Å²) in [6, 6.07) is 0. The summed E-state index contributed by atoms with van der Waals surface area (Å²) in [7, 11) is 0. The van der Waals surface area contributed by atoms with Crippen LogP contribution in [0, 0.1) is 5.92 Å². The van der Waals surface area contributed by atoms with Crippen LogP contribution in [0.4, 0.5) is 0 Å². The minimum absolute atomic E-state index is 0.175. The number of Topliss-reactive ketones (excluding diaryl/α,β-unsaturated/α-hetero) is 1. The van der Waals surface area contributed by atoms with Gasteiger partial charge in [-0.1, -0.05) is 23.3 Å². The Labute approximate surface area is 151 Å². The van der Waals surface area contributed by atoms with Crippen LogP contribution in [0.5, 0.6) is 0 Å². The van der Waals surface area contributed by atoms with E-state index >= 15 is 0 Å². The molecule has 0 aliphatic heterocycles. The molecule has 0 aliphatic rings. The van der Waals surface area contributed by atoms with Crippen LogP contribution in [0.2, 0.25) is 0 Å². The summed E-state index contributed by atoms with van der Waals surface area (Å²) in [6.45, 7) is 9.91. The third-order valence-electron chi connectivity index (χ3n) is 3.61. The molecule has 5 nitrogen and oxygen atoms in total. The van der Waals surface area contributed by atoms with Crippen molar-refractivity contribution in [3.8, 4) is 0 Å². The van der Waals surface area contributed by atoms with Crippen molar-refractivity contribution in [1.29, 1.82) is 0 Å². The zero-order valence-corrected chi connectivity index (χ0v) is 16.2. The van der Waals surface area contributed by atoms with Gasteiger partial charge in [-0.05, 0) is 53.9 Å². The molecule has 0 aromatic carbocycles. The largest absolute Gasteiger partial charge is 0.466 e. The van der Waals surface area contributed by atoms with Crippen molar-refractivity contribution in [2.45, 2.75) is 66.7 Å². The molecule has 1 unspecified atom stereocenters. The highest BCUT2D eigenvalue weighted by molar-refractivity contribution is 6.01. The van der Waals surface area contributed by atoms with Crippen LogP contribution in [0.1, 0.15) is 66.7 Å². The number of allylic oxidation sites excluding steroid dienone is 4. The van der Waals surface area contributed by atoms with Crippen LogP contribution in [-0.4, -0.2) is 30.9 Å². The van der Waals surface area contributed by atoms with E-state index in [4.69, 9.17) is 9.47 Å². The molecule has 0 heterocycles. The molecule has 0 amide bonds. The lowest BCUT2D eigenvalue weighted by molar-refractivity contribution is -0.157. The van der Waals surface area contributed by atoms with Crippen LogP contribution in [0.15, 0.2) is 23.3 Å². The molecule has 0 bridgehead atoms. The standard InChI is InChI=1S/C20H32O5/c1-6-24-19(22)14-17(20(23)25-7-2)18(21)13-9-12-16(5)11-8-10-15(3)4/h10,12,17H,6-9,11,13-14H2,1-5H3/b16-12+. The van der Waals surface area contributed by atoms with E-state index in [9.17, 15) is 14.4 Å². The van der Waals surface area contributed by atoms with Gasteiger partial charge >= 0.3 is 11.9 Å². The molecule has 25 heavy (non-hydrogen) atoms. The van der Waals surface area contributed by atoms with Gasteiger partial charge in [-0.25, -0.2) is 0 Å². The Balaban J connectivity index is 4.61. The molecule has 0 radical (unpaired) electrons. The van der Waals surface area contributed by atoms with Gasteiger partial charge in [0.2, 0.25) is 0 Å². The first-order valence-corrected chi connectivity index (χ1v) is 8.95. The Hall–Kier alpha value is -1.91. The molecule has 0 aromatic heterocycles. The lowest BCUT2D eigenvalue weighted by Gasteiger charge is -2.13. The Morgan fingerprint density at radius 2 is 1.48 bits per heavy atom. The molecule has 0 saturated carbocycles. The molecular formula is C20H32O5. The molecule has 0 N–H and O–H groups in total. The van der Waals surface area contributed by atoms with E-state index in [1.165, 1.54) is 11.1 Å². The van der Waals surface area contributed by atoms with Gasteiger partial charge in [0.15, 0.2) is 0 Å². The first-order chi connectivity index (χ1) is 11.8. The first kappa shape index (κ1) is 23.1. The second-order valence-electron chi connectivity index (χ2n) is 6.19. The van der Waals surface area contributed by atoms with E-state index in [-0.39, 0.29) is 31.8 Å². The smallest absolute Gasteiger partial charge is 0.317 e. The summed E-state index contributed by atoms with van der Waals surface area (Å²) >= 11 is 0. The van der Waals surface area contributed by atoms with Crippen LogP contribution in [0.3, 0.4) is 0 Å². The summed E-state index contributed by atoms with van der Waals surface area (Å²) in [5.41, 5.74) is 2.50. The zero-order chi connectivity index (χ0) is 19.2. The van der Waals surface area contributed by atoms with Crippen molar-refractivity contribution >= 4 is 17.7 Å². The van der Waals surface area contributed by atoms with Gasteiger partial charge in [-0.15, -0.1) is 0 Å². The number of carbonyl (C=O) groups is 3. The number of ketones is 1. The van der Waals surface area contributed by atoms with Crippen LogP contribution < -0.4 is 0 Å². The van der Waals surface area contributed by atoms with Gasteiger partial charge in [-0.2, -0.15) is 0 Å². The number of rotatable bonds is 12. The normalized spacial score (nSPS) is 12.3. The van der Waals surface area contributed by atoms with Crippen molar-refractivity contribution in [2.75, 3.05) is 13.2 Å². The number of hydrogen-bond acceptors (Lipinski definition) is 5. The number of hydrogen-bond donors (Lipinski definition) is 0. The quantitative estimate of drug-likeness (QED) is 0.300. The van der Waals surface area contributed by atoms with Gasteiger partial charge < -0.3 is 9.47 Å². The predicted octanol–water partition coefficient (Wildman–Crippen LogP) is 4.16. The number of esters is 2. The van der Waals surface area contributed by atoms with Crippen molar-refractivity contribution < 1.29 is 23.9 Å². The fourth-order valence-electron chi connectivity index (χ4n) is 2.28. The zero-order valence-electron chi connectivity index (χ0n) is 16.2. The Kier molecular flexibility index (Phi) is 12.4. The summed E-state index contributed by atoms with van der Waals surface area (Å²) < 4.78 is 9.76. The van der Waals surface area contributed by atoms with E-state index < -0.39 is 17.9 Å². The van der Waals surface area contributed by atoms with Crippen molar-refractivity contribution in [2.24, 2.45) is 5.92 Å². The van der Waals surface area contributed by atoms with Crippen molar-refractivity contribution in [3.05, 3.63) is 23.3 Å². The summed E-state index contributed by atoms with van der Waals surface area (Å²) in [6.07, 6.45) is 6.63. The maximum Gasteiger partial charge on any atom is 0.317 e. The Bertz CT molecular complexity index is 498. The number of ether oxygens (including phenoxy) is 2. The van der Waals surface area contributed by atoms with Gasteiger partial charge in [0.25, 0.3) is 0 Å². The topological polar surface area (TPSA) is 69.7 Å². The van der Waals surface area contributed by atoms with Gasteiger partial charge in [0.05, 0.1) is 19.6 Å². The number of carbonyl (C=O) groups excluding carboxylic acids is 3. The lowest BCUT2D eigenvalue weighted by Crippen LogP contribution is -2.29. The van der Waals surface area contributed by atoms with Gasteiger partial charge in [-0.3, -0.25) is 14.4 Å². The average Bonchev–Trinajstić information content (AvgIpc) is 2.52. The molecule has 0 rings (SSSR count). The third kappa shape index (κ3) is 11.3. The average molecular weight is 352 g/mol. The predicted molar refractivity (Wildman–Crippen MR) is 98.0 cm³/mol. The molecule has 0 fully saturated rings. The molecule has 142 valence electrons. The highest BCUT2D eigenvalue weighted by Gasteiger charge is 2.30. The van der Waals surface area contributed by atoms with E-state index in [0.717, 1.165) is 12.8 Å². The minimum atomic E-state index is -1.07. The fourth-order valence-corrected chi connectivity index (χ4v) is 2.28. The first-order valence-electron chi connectivity index (χ1n) is 8.95. The minimum Gasteiger partial charge on any atom is -0.466 e. The molecule has 0 saturated heterocycles. The Morgan fingerprint density at radius 3 is 2.04 bits per heavy atom. The van der Waals surface area contributed by atoms with Crippen LogP contribution >= 0.6 is 0 Å². The lowest BCUT2D eigenvalue weighted by atomic mass is 9.96. The fraction of sp³-hybridized carbons (Fsp3) is 0.650. The van der Waals surface area contributed by atoms with Crippen LogP contribution in [0.25, 0.3) is 0 Å². The second-order valence-corrected chi connectivity index (χ2v) is 6.19. The summed E-state index contributed by atoms with van der Waals surface area (Å²) in [5.74, 6) is -2.55. The van der Waals surface area contributed by atoms with Gasteiger partial charge in [0.1, 0.15) is 11.7 Å². The van der Waals surface area contributed by atoms with Crippen molar-refractivity contribution in [3.63, 3.8) is 0 Å². The van der Waals surface area contributed by atoms with E-state index in [2.05, 4.69) is 19.9 Å². The van der Waals surface area contributed by atoms with E-state index in [1.807, 2.05) is 13.0 Å². The van der Waals surface area contributed by atoms with E-state index in [0.29, 0.717) is 6.42 Å². The summed E-state index contributed by atoms with van der Waals surface area (Å²) in [4.78, 5) is 35.9. The SMILES string of the molecule is CCOC(=O)CC(C(=O)CC/C=C(\C)CCC=C(C)C)C(=O)OCC. The maximum atomic E-state index is 12.3. The highest BCUT2D eigenvalue weighted by Crippen LogP contribution is 2.15. The third-order valence-corrected chi connectivity index (χ3v) is 3.61. The van der Waals surface area contributed by atoms with Gasteiger partial charge in [0, 0.05) is 6.42 Å². The molecular weight excluding hydrogens is 320 g/mol. The molecule has 5 heteroatoms. The molecule has 0 aromatic rings.